The van der Waals surface area contributed by atoms with Crippen LogP contribution in [0.15, 0.2) is 21.3 Å². The van der Waals surface area contributed by atoms with E-state index in [0.717, 1.165) is 18.4 Å². The number of aliphatic hydroxyl groups is 1. The summed E-state index contributed by atoms with van der Waals surface area (Å²) in [7, 11) is 0. The average molecular weight is 335 g/mol. The van der Waals surface area contributed by atoms with Gasteiger partial charge in [-0.25, -0.2) is 0 Å². The molecule has 0 radical (unpaired) electrons. The van der Waals surface area contributed by atoms with Gasteiger partial charge in [-0.3, -0.25) is 4.79 Å². The number of rotatable bonds is 5. The number of piperidine rings is 1. The van der Waals surface area contributed by atoms with Crippen molar-refractivity contribution in [2.45, 2.75) is 38.6 Å². The van der Waals surface area contributed by atoms with E-state index in [9.17, 15) is 9.90 Å². The van der Waals surface area contributed by atoms with Gasteiger partial charge in [0.15, 0.2) is 0 Å². The van der Waals surface area contributed by atoms with Crippen LogP contribution >= 0.6 is 11.3 Å². The fourth-order valence-corrected chi connectivity index (χ4v) is 3.54. The topological polar surface area (TPSA) is 79.5 Å². The van der Waals surface area contributed by atoms with Crippen molar-refractivity contribution >= 4 is 17.2 Å². The van der Waals surface area contributed by atoms with Crippen LogP contribution < -0.4 is 0 Å². The van der Waals surface area contributed by atoms with Crippen LogP contribution in [0.3, 0.4) is 0 Å². The molecule has 1 amide bonds. The highest BCUT2D eigenvalue weighted by Gasteiger charge is 2.28. The lowest BCUT2D eigenvalue weighted by Gasteiger charge is -2.37. The van der Waals surface area contributed by atoms with Crippen LogP contribution in [-0.2, 0) is 11.2 Å². The second-order valence-electron chi connectivity index (χ2n) is 6.04. The van der Waals surface area contributed by atoms with Crippen LogP contribution in [0.25, 0.3) is 11.4 Å². The summed E-state index contributed by atoms with van der Waals surface area (Å²) >= 11 is 1.58. The number of hydrogen-bond acceptors (Lipinski definition) is 6. The molecule has 0 bridgehead atoms. The highest BCUT2D eigenvalue weighted by molar-refractivity contribution is 7.08. The Morgan fingerprint density at radius 2 is 2.39 bits per heavy atom. The molecular formula is C16H21N3O3S. The van der Waals surface area contributed by atoms with Crippen molar-refractivity contribution in [3.63, 3.8) is 0 Å². The Morgan fingerprint density at radius 3 is 3.13 bits per heavy atom. The first kappa shape index (κ1) is 16.1. The molecular weight excluding hydrogens is 314 g/mol. The molecule has 0 saturated carbocycles. The van der Waals surface area contributed by atoms with Gasteiger partial charge in [0.25, 0.3) is 0 Å². The standard InChI is InChI=1S/C16H21N3O3S/c1-11-2-3-12(9-20)8-19(11)15(21)5-4-14-17-16(18-22-14)13-6-7-23-10-13/h6-7,10-12,20H,2-5,8-9H2,1H3. The monoisotopic (exact) mass is 335 g/mol. The van der Waals surface area contributed by atoms with Crippen LogP contribution in [0, 0.1) is 5.92 Å². The molecule has 2 aromatic rings. The summed E-state index contributed by atoms with van der Waals surface area (Å²) in [5.74, 6) is 1.35. The summed E-state index contributed by atoms with van der Waals surface area (Å²) in [4.78, 5) is 18.6. The van der Waals surface area contributed by atoms with Gasteiger partial charge in [-0.2, -0.15) is 16.3 Å². The Balaban J connectivity index is 1.56. The van der Waals surface area contributed by atoms with E-state index < -0.39 is 0 Å². The summed E-state index contributed by atoms with van der Waals surface area (Å²) in [5, 5.41) is 17.2. The smallest absolute Gasteiger partial charge is 0.227 e. The van der Waals surface area contributed by atoms with Crippen LogP contribution in [0.2, 0.25) is 0 Å². The first-order valence-electron chi connectivity index (χ1n) is 7.93. The van der Waals surface area contributed by atoms with Crippen molar-refractivity contribution in [1.82, 2.24) is 15.0 Å². The highest BCUT2D eigenvalue weighted by Crippen LogP contribution is 2.23. The number of hydrogen-bond donors (Lipinski definition) is 1. The minimum Gasteiger partial charge on any atom is -0.396 e. The van der Waals surface area contributed by atoms with Crippen molar-refractivity contribution in [3.8, 4) is 11.4 Å². The average Bonchev–Trinajstić information content (AvgIpc) is 3.24. The van der Waals surface area contributed by atoms with E-state index in [-0.39, 0.29) is 24.5 Å². The van der Waals surface area contributed by atoms with Crippen molar-refractivity contribution in [1.29, 1.82) is 0 Å². The third-order valence-corrected chi connectivity index (χ3v) is 5.04. The van der Waals surface area contributed by atoms with Crippen LogP contribution in [0.1, 0.15) is 32.1 Å². The van der Waals surface area contributed by atoms with Crippen molar-refractivity contribution in [2.24, 2.45) is 5.92 Å². The number of likely N-dealkylation sites (tertiary alicyclic amines) is 1. The molecule has 1 aliphatic heterocycles. The predicted molar refractivity (Wildman–Crippen MR) is 86.9 cm³/mol. The molecule has 0 aliphatic carbocycles. The number of carbonyl (C=O) groups excluding carboxylic acids is 1. The van der Waals surface area contributed by atoms with Crippen molar-refractivity contribution in [3.05, 3.63) is 22.7 Å². The molecule has 6 nitrogen and oxygen atoms in total. The summed E-state index contributed by atoms with van der Waals surface area (Å²) < 4.78 is 5.23. The molecule has 2 atom stereocenters. The summed E-state index contributed by atoms with van der Waals surface area (Å²) in [5.41, 5.74) is 0.937. The quantitative estimate of drug-likeness (QED) is 0.907. The van der Waals surface area contributed by atoms with E-state index in [1.165, 1.54) is 0 Å². The van der Waals surface area contributed by atoms with E-state index >= 15 is 0 Å². The number of nitrogens with zero attached hydrogens (tertiary/aromatic N) is 3. The second kappa shape index (κ2) is 7.23. The molecule has 23 heavy (non-hydrogen) atoms. The Bertz CT molecular complexity index is 641. The maximum absolute atomic E-state index is 12.4. The minimum absolute atomic E-state index is 0.0888. The third-order valence-electron chi connectivity index (χ3n) is 4.36. The number of aliphatic hydroxyl groups excluding tert-OH is 1. The van der Waals surface area contributed by atoms with Gasteiger partial charge in [0.1, 0.15) is 0 Å². The van der Waals surface area contributed by atoms with Crippen LogP contribution in [0.4, 0.5) is 0 Å². The molecule has 7 heteroatoms. The van der Waals surface area contributed by atoms with Gasteiger partial charge in [0.2, 0.25) is 17.6 Å². The van der Waals surface area contributed by atoms with Gasteiger partial charge in [-0.15, -0.1) is 0 Å². The minimum atomic E-state index is 0.0888. The molecule has 124 valence electrons. The maximum atomic E-state index is 12.4. The lowest BCUT2D eigenvalue weighted by Crippen LogP contribution is -2.46. The second-order valence-corrected chi connectivity index (χ2v) is 6.82. The predicted octanol–water partition coefficient (Wildman–Crippen LogP) is 2.35. The Morgan fingerprint density at radius 1 is 1.52 bits per heavy atom. The highest BCUT2D eigenvalue weighted by atomic mass is 32.1. The first-order valence-corrected chi connectivity index (χ1v) is 8.87. The molecule has 3 heterocycles. The summed E-state index contributed by atoms with van der Waals surface area (Å²) in [6.45, 7) is 2.84. The lowest BCUT2D eigenvalue weighted by molar-refractivity contribution is -0.136. The van der Waals surface area contributed by atoms with Gasteiger partial charge in [0, 0.05) is 43.0 Å². The lowest BCUT2D eigenvalue weighted by atomic mass is 9.94. The molecule has 2 aromatic heterocycles. The van der Waals surface area contributed by atoms with E-state index in [1.54, 1.807) is 11.3 Å². The number of thiophene rings is 1. The Hall–Kier alpha value is -1.73. The largest absolute Gasteiger partial charge is 0.396 e. The maximum Gasteiger partial charge on any atom is 0.227 e. The molecule has 0 spiro atoms. The third kappa shape index (κ3) is 3.79. The van der Waals surface area contributed by atoms with Gasteiger partial charge >= 0.3 is 0 Å². The molecule has 1 fully saturated rings. The normalized spacial score (nSPS) is 21.6. The zero-order valence-corrected chi connectivity index (χ0v) is 14.0. The van der Waals surface area contributed by atoms with Crippen LogP contribution in [0.5, 0.6) is 0 Å². The number of amides is 1. The summed E-state index contributed by atoms with van der Waals surface area (Å²) in [6.07, 6.45) is 2.73. The molecule has 1 aliphatic rings. The van der Waals surface area contributed by atoms with Crippen LogP contribution in [-0.4, -0.2) is 45.2 Å². The van der Waals surface area contributed by atoms with E-state index in [4.69, 9.17) is 4.52 Å². The molecule has 2 unspecified atom stereocenters. The molecule has 1 saturated heterocycles. The summed E-state index contributed by atoms with van der Waals surface area (Å²) in [6, 6.07) is 2.17. The Labute approximate surface area is 139 Å². The van der Waals surface area contributed by atoms with Gasteiger partial charge in [0.05, 0.1) is 0 Å². The van der Waals surface area contributed by atoms with Gasteiger partial charge < -0.3 is 14.5 Å². The molecule has 1 N–H and O–H groups in total. The zero-order chi connectivity index (χ0) is 16.2. The van der Waals surface area contributed by atoms with E-state index in [2.05, 4.69) is 17.1 Å². The fraction of sp³-hybridized carbons (Fsp3) is 0.562. The Kier molecular flexibility index (Phi) is 5.07. The zero-order valence-electron chi connectivity index (χ0n) is 13.1. The van der Waals surface area contributed by atoms with Gasteiger partial charge in [-0.1, -0.05) is 5.16 Å². The van der Waals surface area contributed by atoms with Crippen molar-refractivity contribution < 1.29 is 14.4 Å². The number of carbonyl (C=O) groups is 1. The van der Waals surface area contributed by atoms with Gasteiger partial charge in [-0.05, 0) is 37.1 Å². The first-order chi connectivity index (χ1) is 11.2. The van der Waals surface area contributed by atoms with Crippen molar-refractivity contribution in [2.75, 3.05) is 13.2 Å². The van der Waals surface area contributed by atoms with E-state index in [0.29, 0.717) is 31.1 Å². The molecule has 3 rings (SSSR count). The van der Waals surface area contributed by atoms with E-state index in [1.807, 2.05) is 21.7 Å². The number of aryl methyl sites for hydroxylation is 1. The number of aromatic nitrogens is 2. The SMILES string of the molecule is CC1CCC(CO)CN1C(=O)CCc1nc(-c2ccsc2)no1. The molecule has 0 aromatic carbocycles. The fourth-order valence-electron chi connectivity index (χ4n) is 2.90.